The van der Waals surface area contributed by atoms with E-state index in [1.54, 1.807) is 6.92 Å². The van der Waals surface area contributed by atoms with Crippen molar-refractivity contribution >= 4 is 29.2 Å². The highest BCUT2D eigenvalue weighted by molar-refractivity contribution is 7.10. The van der Waals surface area contributed by atoms with E-state index in [2.05, 4.69) is 10.6 Å². The second-order valence-electron chi connectivity index (χ2n) is 6.12. The van der Waals surface area contributed by atoms with Gasteiger partial charge in [0, 0.05) is 10.9 Å². The molecule has 2 atom stereocenters. The van der Waals surface area contributed by atoms with E-state index in [4.69, 9.17) is 0 Å². The maximum atomic E-state index is 12.6. The van der Waals surface area contributed by atoms with Crippen LogP contribution in [-0.2, 0) is 15.1 Å². The zero-order chi connectivity index (χ0) is 15.9. The zero-order valence-corrected chi connectivity index (χ0v) is 13.4. The SMILES string of the molecule is CC(NC(=O)CN1C(=O)NC(C)(c2cccs2)C1=O)C1CC1. The molecule has 0 bridgehead atoms. The largest absolute Gasteiger partial charge is 0.352 e. The second kappa shape index (κ2) is 5.39. The lowest BCUT2D eigenvalue weighted by Gasteiger charge is -2.20. The molecule has 4 amide bonds. The Morgan fingerprint density at radius 3 is 2.86 bits per heavy atom. The summed E-state index contributed by atoms with van der Waals surface area (Å²) in [6.07, 6.45) is 2.25. The molecule has 0 aromatic carbocycles. The van der Waals surface area contributed by atoms with Gasteiger partial charge in [-0.15, -0.1) is 11.3 Å². The van der Waals surface area contributed by atoms with Crippen molar-refractivity contribution in [1.82, 2.24) is 15.5 Å². The first-order valence-electron chi connectivity index (χ1n) is 7.39. The zero-order valence-electron chi connectivity index (χ0n) is 12.6. The Hall–Kier alpha value is -1.89. The molecule has 1 saturated carbocycles. The van der Waals surface area contributed by atoms with Crippen LogP contribution in [0.15, 0.2) is 17.5 Å². The van der Waals surface area contributed by atoms with E-state index >= 15 is 0 Å². The summed E-state index contributed by atoms with van der Waals surface area (Å²) in [6, 6.07) is 3.21. The van der Waals surface area contributed by atoms with Crippen LogP contribution in [0.2, 0.25) is 0 Å². The van der Waals surface area contributed by atoms with Gasteiger partial charge in [-0.3, -0.25) is 14.5 Å². The summed E-state index contributed by atoms with van der Waals surface area (Å²) in [7, 11) is 0. The summed E-state index contributed by atoms with van der Waals surface area (Å²) < 4.78 is 0. The molecule has 0 radical (unpaired) electrons. The maximum absolute atomic E-state index is 12.6. The molecule has 1 aromatic rings. The van der Waals surface area contributed by atoms with E-state index in [9.17, 15) is 14.4 Å². The average Bonchev–Trinajstić information content (AvgIpc) is 3.12. The Morgan fingerprint density at radius 1 is 1.55 bits per heavy atom. The molecule has 0 spiro atoms. The molecule has 1 saturated heterocycles. The molecule has 2 aliphatic rings. The number of imide groups is 1. The number of rotatable bonds is 5. The molecule has 2 N–H and O–H groups in total. The molecule has 118 valence electrons. The van der Waals surface area contributed by atoms with Crippen LogP contribution < -0.4 is 10.6 Å². The first-order chi connectivity index (χ1) is 10.4. The Labute approximate surface area is 132 Å². The van der Waals surface area contributed by atoms with Crippen molar-refractivity contribution < 1.29 is 14.4 Å². The van der Waals surface area contributed by atoms with Gasteiger partial charge in [-0.25, -0.2) is 4.79 Å². The highest BCUT2D eigenvalue weighted by Crippen LogP contribution is 2.33. The van der Waals surface area contributed by atoms with Crippen LogP contribution in [-0.4, -0.2) is 35.3 Å². The van der Waals surface area contributed by atoms with E-state index in [1.807, 2.05) is 24.4 Å². The van der Waals surface area contributed by atoms with E-state index in [0.717, 1.165) is 22.6 Å². The van der Waals surface area contributed by atoms with E-state index in [-0.39, 0.29) is 24.4 Å². The molecular weight excluding hydrogens is 302 g/mol. The quantitative estimate of drug-likeness (QED) is 0.805. The van der Waals surface area contributed by atoms with E-state index in [1.165, 1.54) is 11.3 Å². The number of carbonyl (C=O) groups excluding carboxylic acids is 3. The standard InChI is InChI=1S/C15H19N3O3S/c1-9(10-5-6-10)16-12(19)8-18-13(20)15(2,17-14(18)21)11-4-3-7-22-11/h3-4,7,9-10H,5-6,8H2,1-2H3,(H,16,19)(H,17,21). The summed E-state index contributed by atoms with van der Waals surface area (Å²) in [5.41, 5.74) is -1.08. The predicted octanol–water partition coefficient (Wildman–Crippen LogP) is 1.43. The van der Waals surface area contributed by atoms with Crippen LogP contribution in [0.4, 0.5) is 4.79 Å². The number of hydrogen-bond donors (Lipinski definition) is 2. The van der Waals surface area contributed by atoms with Gasteiger partial charge in [0.2, 0.25) is 5.91 Å². The van der Waals surface area contributed by atoms with Gasteiger partial charge in [0.25, 0.3) is 5.91 Å². The van der Waals surface area contributed by atoms with E-state index in [0.29, 0.717) is 5.92 Å². The molecule has 2 heterocycles. The lowest BCUT2D eigenvalue weighted by molar-refractivity contribution is -0.135. The van der Waals surface area contributed by atoms with Crippen LogP contribution in [0.3, 0.4) is 0 Å². The number of thiophene rings is 1. The maximum Gasteiger partial charge on any atom is 0.325 e. The van der Waals surface area contributed by atoms with Crippen LogP contribution in [0.25, 0.3) is 0 Å². The fourth-order valence-electron chi connectivity index (χ4n) is 2.73. The number of urea groups is 1. The van der Waals surface area contributed by atoms with Gasteiger partial charge in [-0.2, -0.15) is 0 Å². The monoisotopic (exact) mass is 321 g/mol. The first kappa shape index (κ1) is 15.0. The van der Waals surface area contributed by atoms with E-state index < -0.39 is 11.6 Å². The predicted molar refractivity (Wildman–Crippen MR) is 82.2 cm³/mol. The van der Waals surface area contributed by atoms with Crippen molar-refractivity contribution in [3.05, 3.63) is 22.4 Å². The molecule has 2 unspecified atom stereocenters. The average molecular weight is 321 g/mol. The number of carbonyl (C=O) groups is 3. The van der Waals surface area contributed by atoms with Crippen molar-refractivity contribution in [2.24, 2.45) is 5.92 Å². The third kappa shape index (κ3) is 2.61. The summed E-state index contributed by atoms with van der Waals surface area (Å²) in [6.45, 7) is 3.39. The molecule has 22 heavy (non-hydrogen) atoms. The van der Waals surface area contributed by atoms with Crippen molar-refractivity contribution in [3.8, 4) is 0 Å². The number of nitrogens with zero attached hydrogens (tertiary/aromatic N) is 1. The highest BCUT2D eigenvalue weighted by Gasteiger charge is 2.50. The topological polar surface area (TPSA) is 78.5 Å². The van der Waals surface area contributed by atoms with Crippen LogP contribution in [0, 0.1) is 5.92 Å². The van der Waals surface area contributed by atoms with Crippen LogP contribution >= 0.6 is 11.3 Å². The minimum atomic E-state index is -1.08. The Kier molecular flexibility index (Phi) is 3.68. The summed E-state index contributed by atoms with van der Waals surface area (Å²) in [5, 5.41) is 7.41. The summed E-state index contributed by atoms with van der Waals surface area (Å²) >= 11 is 1.41. The lowest BCUT2D eigenvalue weighted by atomic mass is 10.0. The minimum Gasteiger partial charge on any atom is -0.352 e. The summed E-state index contributed by atoms with van der Waals surface area (Å²) in [5.74, 6) is -0.143. The summed E-state index contributed by atoms with van der Waals surface area (Å²) in [4.78, 5) is 38.5. The van der Waals surface area contributed by atoms with Crippen LogP contribution in [0.5, 0.6) is 0 Å². The number of hydrogen-bond acceptors (Lipinski definition) is 4. The van der Waals surface area contributed by atoms with Crippen molar-refractivity contribution in [2.75, 3.05) is 6.54 Å². The molecule has 6 nitrogen and oxygen atoms in total. The second-order valence-corrected chi connectivity index (χ2v) is 7.07. The van der Waals surface area contributed by atoms with Gasteiger partial charge in [-0.05, 0) is 44.1 Å². The Bertz CT molecular complexity index is 612. The van der Waals surface area contributed by atoms with Gasteiger partial charge in [-0.1, -0.05) is 6.07 Å². The number of nitrogens with one attached hydrogen (secondary N) is 2. The van der Waals surface area contributed by atoms with Crippen LogP contribution in [0.1, 0.15) is 31.6 Å². The minimum absolute atomic E-state index is 0.0944. The van der Waals surface area contributed by atoms with Gasteiger partial charge in [0.15, 0.2) is 5.54 Å². The molecule has 1 aliphatic heterocycles. The van der Waals surface area contributed by atoms with Crippen molar-refractivity contribution in [3.63, 3.8) is 0 Å². The normalized spacial score (nSPS) is 26.0. The third-order valence-corrected chi connectivity index (χ3v) is 5.40. The molecule has 1 aromatic heterocycles. The molecule has 7 heteroatoms. The van der Waals surface area contributed by atoms with Gasteiger partial charge in [0.1, 0.15) is 6.54 Å². The molecular formula is C15H19N3O3S. The molecule has 3 rings (SSSR count). The van der Waals surface area contributed by atoms with Crippen molar-refractivity contribution in [2.45, 2.75) is 38.3 Å². The highest BCUT2D eigenvalue weighted by atomic mass is 32.1. The fraction of sp³-hybridized carbons (Fsp3) is 0.533. The smallest absolute Gasteiger partial charge is 0.325 e. The van der Waals surface area contributed by atoms with Gasteiger partial charge < -0.3 is 10.6 Å². The lowest BCUT2D eigenvalue weighted by Crippen LogP contribution is -2.45. The Balaban J connectivity index is 1.68. The first-order valence-corrected chi connectivity index (χ1v) is 8.27. The van der Waals surface area contributed by atoms with Crippen molar-refractivity contribution in [1.29, 1.82) is 0 Å². The third-order valence-electron chi connectivity index (χ3n) is 4.31. The molecule has 1 aliphatic carbocycles. The molecule has 2 fully saturated rings. The number of amides is 4. The fourth-order valence-corrected chi connectivity index (χ4v) is 3.56. The Morgan fingerprint density at radius 2 is 2.27 bits per heavy atom. The van der Waals surface area contributed by atoms with Gasteiger partial charge >= 0.3 is 6.03 Å². The van der Waals surface area contributed by atoms with Gasteiger partial charge in [0.05, 0.1) is 0 Å².